The summed E-state index contributed by atoms with van der Waals surface area (Å²) in [6, 6.07) is 0. The van der Waals surface area contributed by atoms with Gasteiger partial charge in [0.25, 0.3) is 0 Å². The number of nitrogens with zero attached hydrogens (tertiary/aromatic N) is 2. The van der Waals surface area contributed by atoms with Crippen molar-refractivity contribution in [3.8, 4) is 0 Å². The monoisotopic (exact) mass is 252 g/mol. The van der Waals surface area contributed by atoms with Gasteiger partial charge in [0.1, 0.15) is 0 Å². The second kappa shape index (κ2) is 5.06. The van der Waals surface area contributed by atoms with Crippen molar-refractivity contribution in [2.45, 2.75) is 51.6 Å². The van der Waals surface area contributed by atoms with Crippen molar-refractivity contribution in [3.05, 3.63) is 11.7 Å². The maximum Gasteiger partial charge on any atom is 0.240 e. The highest BCUT2D eigenvalue weighted by Gasteiger charge is 2.37. The zero-order chi connectivity index (χ0) is 13.2. The van der Waals surface area contributed by atoms with Gasteiger partial charge in [-0.25, -0.2) is 0 Å². The quantitative estimate of drug-likeness (QED) is 0.833. The third kappa shape index (κ3) is 2.87. The van der Waals surface area contributed by atoms with Crippen LogP contribution in [0.5, 0.6) is 0 Å². The van der Waals surface area contributed by atoms with Crippen molar-refractivity contribution in [2.75, 3.05) is 0 Å². The number of rotatable bonds is 3. The summed E-state index contributed by atoms with van der Waals surface area (Å²) in [7, 11) is 0. The van der Waals surface area contributed by atoms with Crippen LogP contribution in [0.25, 0.3) is 0 Å². The van der Waals surface area contributed by atoms with Crippen LogP contribution < -0.4 is 11.1 Å². The van der Waals surface area contributed by atoms with Crippen molar-refractivity contribution < 1.29 is 9.32 Å². The fourth-order valence-electron chi connectivity index (χ4n) is 2.55. The van der Waals surface area contributed by atoms with Gasteiger partial charge in [-0.05, 0) is 18.8 Å². The second-order valence-corrected chi connectivity index (χ2v) is 5.27. The predicted molar refractivity (Wildman–Crippen MR) is 65.4 cm³/mol. The second-order valence-electron chi connectivity index (χ2n) is 5.27. The maximum atomic E-state index is 12.1. The first kappa shape index (κ1) is 13.0. The van der Waals surface area contributed by atoms with Crippen LogP contribution >= 0.6 is 0 Å². The van der Waals surface area contributed by atoms with E-state index in [-0.39, 0.29) is 12.5 Å². The summed E-state index contributed by atoms with van der Waals surface area (Å²) in [5.74, 6) is 1.36. The van der Waals surface area contributed by atoms with Crippen LogP contribution in [0, 0.1) is 12.8 Å². The lowest BCUT2D eigenvalue weighted by Gasteiger charge is -2.35. The van der Waals surface area contributed by atoms with E-state index < -0.39 is 5.54 Å². The van der Waals surface area contributed by atoms with Gasteiger partial charge in [0.05, 0.1) is 12.1 Å². The smallest absolute Gasteiger partial charge is 0.240 e. The van der Waals surface area contributed by atoms with Gasteiger partial charge in [-0.1, -0.05) is 24.9 Å². The first-order chi connectivity index (χ1) is 8.49. The third-order valence-electron chi connectivity index (χ3n) is 3.46. The van der Waals surface area contributed by atoms with Crippen molar-refractivity contribution in [1.82, 2.24) is 15.5 Å². The largest absolute Gasteiger partial charge is 0.347 e. The lowest BCUT2D eigenvalue weighted by molar-refractivity contribution is -0.128. The van der Waals surface area contributed by atoms with Crippen LogP contribution in [0.3, 0.4) is 0 Å². The Labute approximate surface area is 106 Å². The van der Waals surface area contributed by atoms with Crippen molar-refractivity contribution in [1.29, 1.82) is 0 Å². The summed E-state index contributed by atoms with van der Waals surface area (Å²) in [6.07, 6.45) is 3.64. The maximum absolute atomic E-state index is 12.1. The standard InChI is InChI=1S/C12H20N4O2/c1-8-4-3-5-12(13,6-8)11(17)14-7-10-15-9(2)18-16-10/h8H,3-7,13H2,1-2H3,(H,14,17). The summed E-state index contributed by atoms with van der Waals surface area (Å²) in [5.41, 5.74) is 5.45. The van der Waals surface area contributed by atoms with E-state index in [9.17, 15) is 4.79 Å². The molecule has 1 aliphatic rings. The molecule has 1 aliphatic carbocycles. The fraction of sp³-hybridized carbons (Fsp3) is 0.750. The highest BCUT2D eigenvalue weighted by atomic mass is 16.5. The molecule has 1 fully saturated rings. The molecule has 0 spiro atoms. The molecule has 3 N–H and O–H groups in total. The Balaban J connectivity index is 1.91. The molecule has 6 nitrogen and oxygen atoms in total. The number of amides is 1. The Morgan fingerprint density at radius 2 is 2.44 bits per heavy atom. The van der Waals surface area contributed by atoms with Crippen molar-refractivity contribution in [3.63, 3.8) is 0 Å². The highest BCUT2D eigenvalue weighted by molar-refractivity contribution is 5.86. The zero-order valence-electron chi connectivity index (χ0n) is 10.9. The van der Waals surface area contributed by atoms with Crippen LogP contribution in [0.1, 0.15) is 44.3 Å². The Hall–Kier alpha value is -1.43. The zero-order valence-corrected chi connectivity index (χ0v) is 10.9. The first-order valence-corrected chi connectivity index (χ1v) is 6.36. The molecule has 2 unspecified atom stereocenters. The van der Waals surface area contributed by atoms with Gasteiger partial charge >= 0.3 is 0 Å². The lowest BCUT2D eigenvalue weighted by Crippen LogP contribution is -2.56. The molecule has 2 atom stereocenters. The minimum atomic E-state index is -0.740. The molecule has 1 amide bonds. The number of hydrogen-bond donors (Lipinski definition) is 2. The Morgan fingerprint density at radius 3 is 3.06 bits per heavy atom. The van der Waals surface area contributed by atoms with E-state index in [2.05, 4.69) is 22.4 Å². The molecule has 0 aromatic carbocycles. The van der Waals surface area contributed by atoms with Crippen LogP contribution in [0.4, 0.5) is 0 Å². The minimum absolute atomic E-state index is 0.114. The van der Waals surface area contributed by atoms with Crippen LogP contribution in [0.2, 0.25) is 0 Å². The first-order valence-electron chi connectivity index (χ1n) is 6.36. The molecule has 18 heavy (non-hydrogen) atoms. The normalized spacial score (nSPS) is 28.1. The molecule has 100 valence electrons. The van der Waals surface area contributed by atoms with E-state index in [0.717, 1.165) is 25.7 Å². The summed E-state index contributed by atoms with van der Waals surface area (Å²) in [5, 5.41) is 6.52. The molecule has 6 heteroatoms. The molecule has 2 rings (SSSR count). The van der Waals surface area contributed by atoms with Gasteiger partial charge in [-0.15, -0.1) is 0 Å². The molecule has 0 saturated heterocycles. The number of carbonyl (C=O) groups is 1. The van der Waals surface area contributed by atoms with Gasteiger partial charge in [-0.2, -0.15) is 4.98 Å². The molecule has 0 bridgehead atoms. The van der Waals surface area contributed by atoms with Crippen LogP contribution in [0.15, 0.2) is 4.52 Å². The number of carbonyl (C=O) groups excluding carboxylic acids is 1. The number of aromatic nitrogens is 2. The Kier molecular flexibility index (Phi) is 3.65. The molecule has 1 aromatic rings. The van der Waals surface area contributed by atoms with Gasteiger partial charge in [-0.3, -0.25) is 4.79 Å². The van der Waals surface area contributed by atoms with E-state index >= 15 is 0 Å². The SMILES string of the molecule is Cc1nc(CNC(=O)C2(N)CCCC(C)C2)no1. The van der Waals surface area contributed by atoms with E-state index in [1.165, 1.54) is 0 Å². The van der Waals surface area contributed by atoms with E-state index in [1.54, 1.807) is 6.92 Å². The third-order valence-corrected chi connectivity index (χ3v) is 3.46. The van der Waals surface area contributed by atoms with E-state index in [1.807, 2.05) is 0 Å². The number of hydrogen-bond acceptors (Lipinski definition) is 5. The Morgan fingerprint density at radius 1 is 1.67 bits per heavy atom. The van der Waals surface area contributed by atoms with E-state index in [4.69, 9.17) is 10.3 Å². The molecule has 0 radical (unpaired) electrons. The average molecular weight is 252 g/mol. The topological polar surface area (TPSA) is 94.0 Å². The van der Waals surface area contributed by atoms with Crippen LogP contribution in [-0.4, -0.2) is 21.6 Å². The van der Waals surface area contributed by atoms with Crippen LogP contribution in [-0.2, 0) is 11.3 Å². The Bertz CT molecular complexity index is 431. The highest BCUT2D eigenvalue weighted by Crippen LogP contribution is 2.30. The number of aryl methyl sites for hydroxylation is 1. The van der Waals surface area contributed by atoms with Crippen molar-refractivity contribution in [2.24, 2.45) is 11.7 Å². The fourth-order valence-corrected chi connectivity index (χ4v) is 2.55. The summed E-state index contributed by atoms with van der Waals surface area (Å²) >= 11 is 0. The summed E-state index contributed by atoms with van der Waals surface area (Å²) in [6.45, 7) is 4.12. The summed E-state index contributed by atoms with van der Waals surface area (Å²) < 4.78 is 4.84. The molecule has 1 aromatic heterocycles. The predicted octanol–water partition coefficient (Wildman–Crippen LogP) is 0.902. The number of nitrogens with one attached hydrogen (secondary N) is 1. The minimum Gasteiger partial charge on any atom is -0.347 e. The molecular formula is C12H20N4O2. The summed E-state index contributed by atoms with van der Waals surface area (Å²) in [4.78, 5) is 16.2. The lowest BCUT2D eigenvalue weighted by atomic mass is 9.76. The van der Waals surface area contributed by atoms with Gasteiger partial charge in [0.2, 0.25) is 11.8 Å². The average Bonchev–Trinajstić information content (AvgIpc) is 2.71. The molecule has 0 aliphatic heterocycles. The molecule has 1 heterocycles. The van der Waals surface area contributed by atoms with Gasteiger partial charge in [0, 0.05) is 6.92 Å². The van der Waals surface area contributed by atoms with E-state index in [0.29, 0.717) is 17.6 Å². The number of nitrogens with two attached hydrogens (primary N) is 1. The molecule has 1 saturated carbocycles. The van der Waals surface area contributed by atoms with Crippen molar-refractivity contribution >= 4 is 5.91 Å². The van der Waals surface area contributed by atoms with Gasteiger partial charge < -0.3 is 15.6 Å². The molecular weight excluding hydrogens is 232 g/mol. The van der Waals surface area contributed by atoms with Gasteiger partial charge in [0.15, 0.2) is 5.82 Å².